The van der Waals surface area contributed by atoms with Crippen LogP contribution in [0.4, 0.5) is 4.79 Å². The molecule has 5 N–H and O–H groups in total. The summed E-state index contributed by atoms with van der Waals surface area (Å²) < 4.78 is 15.7. The number of hydrogen-bond donors (Lipinski definition) is 5. The van der Waals surface area contributed by atoms with Crippen LogP contribution in [0.15, 0.2) is 48.5 Å². The van der Waals surface area contributed by atoms with Gasteiger partial charge in [-0.15, -0.1) is 0 Å². The highest BCUT2D eigenvalue weighted by Gasteiger charge is 2.39. The highest BCUT2D eigenvalue weighted by Crippen LogP contribution is 2.25. The summed E-state index contributed by atoms with van der Waals surface area (Å²) in [6.45, 7) is 8.93. The van der Waals surface area contributed by atoms with Crippen LogP contribution in [0.25, 0.3) is 0 Å². The number of unbranched alkanes of at least 4 members (excludes halogenated alkanes) is 2. The molecule has 0 spiro atoms. The van der Waals surface area contributed by atoms with Crippen molar-refractivity contribution in [2.45, 2.75) is 83.6 Å². The summed E-state index contributed by atoms with van der Waals surface area (Å²) in [5.41, 5.74) is -1.51. The van der Waals surface area contributed by atoms with Gasteiger partial charge < -0.3 is 40.4 Å². The number of carboxylic acids is 2. The first kappa shape index (κ1) is 36.4. The minimum absolute atomic E-state index is 0.0574. The van der Waals surface area contributed by atoms with Crippen molar-refractivity contribution in [3.05, 3.63) is 59.7 Å². The monoisotopic (exact) mass is 629 g/mol. The van der Waals surface area contributed by atoms with Gasteiger partial charge in [0.05, 0.1) is 7.11 Å². The van der Waals surface area contributed by atoms with Crippen molar-refractivity contribution in [2.24, 2.45) is 0 Å². The molecule has 0 unspecified atom stereocenters. The number of ether oxygens (including phenoxy) is 3. The normalized spacial score (nSPS) is 13.1. The first-order valence-corrected chi connectivity index (χ1v) is 14.5. The van der Waals surface area contributed by atoms with E-state index in [0.717, 1.165) is 12.8 Å². The van der Waals surface area contributed by atoms with Crippen molar-refractivity contribution >= 4 is 29.8 Å². The first-order chi connectivity index (χ1) is 21.1. The molecule has 13 nitrogen and oxygen atoms in total. The van der Waals surface area contributed by atoms with E-state index >= 15 is 0 Å². The van der Waals surface area contributed by atoms with E-state index in [1.165, 1.54) is 38.3 Å². The van der Waals surface area contributed by atoms with Gasteiger partial charge >= 0.3 is 18.0 Å². The lowest BCUT2D eigenvalue weighted by atomic mass is 9.89. The summed E-state index contributed by atoms with van der Waals surface area (Å²) in [7, 11) is 1.53. The van der Waals surface area contributed by atoms with Gasteiger partial charge in [-0.25, -0.2) is 14.4 Å². The Balaban J connectivity index is 2.44. The second-order valence-corrected chi connectivity index (χ2v) is 11.5. The summed E-state index contributed by atoms with van der Waals surface area (Å²) in [6, 6.07) is 11.2. The number of aliphatic carboxylic acids is 2. The number of nitrogens with one attached hydrogen (secondary N) is 3. The molecule has 45 heavy (non-hydrogen) atoms. The molecule has 0 fully saturated rings. The number of methoxy groups -OCH3 is 1. The second-order valence-electron chi connectivity index (χ2n) is 11.5. The zero-order valence-electron chi connectivity index (χ0n) is 26.5. The average molecular weight is 630 g/mol. The molecule has 0 bridgehead atoms. The Bertz CT molecular complexity index is 1310. The lowest BCUT2D eigenvalue weighted by Gasteiger charge is -2.32. The Morgan fingerprint density at radius 1 is 0.844 bits per heavy atom. The molecule has 2 atom stereocenters. The van der Waals surface area contributed by atoms with E-state index in [1.807, 2.05) is 6.92 Å². The Kier molecular flexibility index (Phi) is 13.2. The van der Waals surface area contributed by atoms with E-state index in [0.29, 0.717) is 29.8 Å². The highest BCUT2D eigenvalue weighted by molar-refractivity contribution is 5.96. The Morgan fingerprint density at radius 2 is 1.42 bits per heavy atom. The zero-order chi connectivity index (χ0) is 33.8. The van der Waals surface area contributed by atoms with Gasteiger partial charge in [-0.3, -0.25) is 9.59 Å². The minimum Gasteiger partial charge on any atom is -0.497 e. The van der Waals surface area contributed by atoms with Crippen molar-refractivity contribution in [2.75, 3.05) is 13.7 Å². The Labute approximate surface area is 262 Å². The van der Waals surface area contributed by atoms with Crippen molar-refractivity contribution in [3.8, 4) is 11.5 Å². The van der Waals surface area contributed by atoms with E-state index in [9.17, 15) is 24.0 Å². The number of benzene rings is 2. The fourth-order valence-corrected chi connectivity index (χ4v) is 4.21. The molecule has 0 aromatic heterocycles. The minimum atomic E-state index is -2.14. The highest BCUT2D eigenvalue weighted by atomic mass is 16.6. The van der Waals surface area contributed by atoms with Crippen LogP contribution < -0.4 is 25.4 Å². The third kappa shape index (κ3) is 11.3. The maximum absolute atomic E-state index is 13.9. The molecule has 0 aliphatic carbocycles. The van der Waals surface area contributed by atoms with Crippen LogP contribution in [0, 0.1) is 0 Å². The van der Waals surface area contributed by atoms with Crippen LogP contribution in [-0.4, -0.2) is 71.5 Å². The molecule has 0 aliphatic rings. The van der Waals surface area contributed by atoms with Crippen LogP contribution in [-0.2, 0) is 35.9 Å². The van der Waals surface area contributed by atoms with E-state index in [2.05, 4.69) is 16.0 Å². The average Bonchev–Trinajstić information content (AvgIpc) is 2.96. The van der Waals surface area contributed by atoms with Gasteiger partial charge in [0, 0.05) is 13.0 Å². The topological polar surface area (TPSA) is 190 Å². The SMILES string of the molecule is CCCCCNC(=O)[C@@](C)(NC(=O)[C@H](Cc1ccc(OC)cc1)NC(=O)OC(C)(C)C)c1ccc(OC(C(=O)O)C(=O)O)cc1. The quantitative estimate of drug-likeness (QED) is 0.136. The molecule has 2 rings (SSSR count). The standard InChI is InChI=1S/C32H43N3O10/c1-7-8-9-18-33-29(41)32(5,21-12-16-23(17-13-21)44-25(27(37)38)28(39)40)35-26(36)24(34-30(42)45-31(2,3)4)19-20-10-14-22(43-6)15-11-20/h10-17,24-25H,7-9,18-19H2,1-6H3,(H,33,41)(H,34,42)(H,35,36)(H,37,38)(H,39,40)/t24-,32-/m0/s1. The van der Waals surface area contributed by atoms with Gasteiger partial charge in [0.1, 0.15) is 28.7 Å². The molecule has 0 saturated carbocycles. The number of alkyl carbamates (subject to hydrolysis) is 1. The van der Waals surface area contributed by atoms with Gasteiger partial charge in [0.15, 0.2) is 0 Å². The van der Waals surface area contributed by atoms with E-state index in [1.54, 1.807) is 45.0 Å². The Morgan fingerprint density at radius 3 is 1.93 bits per heavy atom. The maximum atomic E-state index is 13.9. The number of hydrogen-bond acceptors (Lipinski definition) is 8. The van der Waals surface area contributed by atoms with E-state index < -0.39 is 53.1 Å². The van der Waals surface area contributed by atoms with Crippen LogP contribution in [0.3, 0.4) is 0 Å². The number of amides is 3. The number of rotatable bonds is 16. The van der Waals surface area contributed by atoms with Gasteiger partial charge in [0.2, 0.25) is 11.8 Å². The summed E-state index contributed by atoms with van der Waals surface area (Å²) in [5.74, 6) is -4.05. The van der Waals surface area contributed by atoms with Gasteiger partial charge in [0.25, 0.3) is 6.10 Å². The molecule has 3 amide bonds. The van der Waals surface area contributed by atoms with Crippen LogP contribution in [0.5, 0.6) is 11.5 Å². The maximum Gasteiger partial charge on any atom is 0.408 e. The predicted octanol–water partition coefficient (Wildman–Crippen LogP) is 3.39. The molecule has 0 aliphatic heterocycles. The lowest BCUT2D eigenvalue weighted by molar-refractivity contribution is -0.159. The molecule has 0 saturated heterocycles. The van der Waals surface area contributed by atoms with Crippen molar-refractivity contribution in [1.82, 2.24) is 16.0 Å². The number of carboxylic acid groups (broad SMARTS) is 2. The summed E-state index contributed by atoms with van der Waals surface area (Å²) in [6.07, 6.45) is -0.376. The fraction of sp³-hybridized carbons (Fsp3) is 0.469. The molecular weight excluding hydrogens is 586 g/mol. The fourth-order valence-electron chi connectivity index (χ4n) is 4.21. The molecule has 13 heteroatoms. The predicted molar refractivity (Wildman–Crippen MR) is 164 cm³/mol. The molecule has 0 heterocycles. The first-order valence-electron chi connectivity index (χ1n) is 14.5. The largest absolute Gasteiger partial charge is 0.497 e. The molecule has 2 aromatic rings. The molecule has 246 valence electrons. The molecule has 0 radical (unpaired) electrons. The summed E-state index contributed by atoms with van der Waals surface area (Å²) in [5, 5.41) is 26.5. The van der Waals surface area contributed by atoms with Crippen LogP contribution >= 0.6 is 0 Å². The van der Waals surface area contributed by atoms with Crippen molar-refractivity contribution in [1.29, 1.82) is 0 Å². The summed E-state index contributed by atoms with van der Waals surface area (Å²) in [4.78, 5) is 62.8. The van der Waals surface area contributed by atoms with Crippen LogP contribution in [0.2, 0.25) is 0 Å². The Hall–Kier alpha value is -4.81. The van der Waals surface area contributed by atoms with Gasteiger partial charge in [-0.05, 0) is 69.5 Å². The third-order valence-electron chi connectivity index (χ3n) is 6.63. The number of carbonyl (C=O) groups is 5. The van der Waals surface area contributed by atoms with Crippen molar-refractivity contribution < 1.29 is 48.4 Å². The van der Waals surface area contributed by atoms with Gasteiger partial charge in [-0.1, -0.05) is 44.0 Å². The summed E-state index contributed by atoms with van der Waals surface area (Å²) >= 11 is 0. The van der Waals surface area contributed by atoms with Gasteiger partial charge in [-0.2, -0.15) is 0 Å². The second kappa shape index (κ2) is 16.3. The van der Waals surface area contributed by atoms with E-state index in [4.69, 9.17) is 24.4 Å². The molecular formula is C32H43N3O10. The van der Waals surface area contributed by atoms with E-state index in [-0.39, 0.29) is 12.2 Å². The smallest absolute Gasteiger partial charge is 0.408 e. The van der Waals surface area contributed by atoms with Crippen LogP contribution in [0.1, 0.15) is 65.0 Å². The number of carbonyl (C=O) groups excluding carboxylic acids is 3. The third-order valence-corrected chi connectivity index (χ3v) is 6.63. The van der Waals surface area contributed by atoms with Crippen molar-refractivity contribution in [3.63, 3.8) is 0 Å². The lowest BCUT2D eigenvalue weighted by Crippen LogP contribution is -2.59. The zero-order valence-corrected chi connectivity index (χ0v) is 26.5. The molecule has 2 aromatic carbocycles.